The van der Waals surface area contributed by atoms with E-state index < -0.39 is 24.5 Å². The van der Waals surface area contributed by atoms with Crippen molar-refractivity contribution in [3.05, 3.63) is 57.5 Å². The molecule has 4 rings (SSSR count). The molecule has 31 heavy (non-hydrogen) atoms. The van der Waals surface area contributed by atoms with Crippen LogP contribution in [0.5, 0.6) is 0 Å². The summed E-state index contributed by atoms with van der Waals surface area (Å²) in [7, 11) is 0. The van der Waals surface area contributed by atoms with Crippen LogP contribution in [0, 0.1) is 0 Å². The smallest absolute Gasteiger partial charge is 0.437 e. The number of nitrogens with zero attached hydrogens (tertiary/aromatic N) is 1. The highest BCUT2D eigenvalue weighted by Crippen LogP contribution is 2.37. The summed E-state index contributed by atoms with van der Waals surface area (Å²) in [5.41, 5.74) is -0.0266. The number of aliphatic carboxylic acids is 1. The number of fused-ring (bicyclic) bond motifs is 2. The van der Waals surface area contributed by atoms with E-state index in [4.69, 9.17) is 16.7 Å². The zero-order chi connectivity index (χ0) is 22.3. The Morgan fingerprint density at radius 2 is 1.90 bits per heavy atom. The first kappa shape index (κ1) is 21.3. The van der Waals surface area contributed by atoms with Crippen LogP contribution in [0.25, 0.3) is 33.2 Å². The quantitative estimate of drug-likeness (QED) is 0.222. The molecule has 0 saturated heterocycles. The van der Waals surface area contributed by atoms with Gasteiger partial charge in [0, 0.05) is 36.9 Å². The third-order valence-electron chi connectivity index (χ3n) is 4.46. The van der Waals surface area contributed by atoms with E-state index in [1.807, 2.05) is 0 Å². The molecule has 160 valence electrons. The molecule has 0 aliphatic heterocycles. The van der Waals surface area contributed by atoms with Crippen LogP contribution in [0.15, 0.2) is 52.1 Å². The fraction of sp³-hybridized carbons (Fsp3) is 0.100. The molecule has 2 heterocycles. The van der Waals surface area contributed by atoms with Gasteiger partial charge in [-0.1, -0.05) is 38.8 Å². The second kappa shape index (κ2) is 7.93. The summed E-state index contributed by atoms with van der Waals surface area (Å²) in [5, 5.41) is 13.3. The third kappa shape index (κ3) is 4.26. The summed E-state index contributed by atoms with van der Waals surface area (Å²) >= 11 is 9.33. The van der Waals surface area contributed by atoms with Gasteiger partial charge in [0.2, 0.25) is 6.61 Å². The summed E-state index contributed by atoms with van der Waals surface area (Å²) in [5.74, 6) is -1.44. The molecule has 0 amide bonds. The minimum Gasteiger partial charge on any atom is -0.479 e. The van der Waals surface area contributed by atoms with Gasteiger partial charge in [0.15, 0.2) is 5.71 Å². The summed E-state index contributed by atoms with van der Waals surface area (Å²) in [6, 6.07) is 11.5. The lowest BCUT2D eigenvalue weighted by molar-refractivity contribution is -0.142. The maximum absolute atomic E-state index is 14.0. The molecule has 0 fully saturated rings. The van der Waals surface area contributed by atoms with Crippen molar-refractivity contribution in [2.24, 2.45) is 5.16 Å². The molecule has 0 spiro atoms. The van der Waals surface area contributed by atoms with E-state index in [-0.39, 0.29) is 16.6 Å². The SMILES string of the molecule is O=C(O)CO/N=C(\c1c(-c2cc3cc(Cl)ccc3[nH]2)[nH]c2cc(Br)ccc12)C(F)(F)F. The molecule has 0 atom stereocenters. The second-order valence-electron chi connectivity index (χ2n) is 6.58. The molecule has 0 aliphatic rings. The maximum atomic E-state index is 14.0. The van der Waals surface area contributed by atoms with Gasteiger partial charge in [0.1, 0.15) is 0 Å². The van der Waals surface area contributed by atoms with E-state index in [1.54, 1.807) is 36.4 Å². The topological polar surface area (TPSA) is 90.5 Å². The number of aromatic nitrogens is 2. The number of hydrogen-bond acceptors (Lipinski definition) is 3. The minimum absolute atomic E-state index is 0.121. The van der Waals surface area contributed by atoms with Gasteiger partial charge in [-0.2, -0.15) is 13.2 Å². The first-order chi connectivity index (χ1) is 14.6. The summed E-state index contributed by atoms with van der Waals surface area (Å²) in [4.78, 5) is 21.2. The highest BCUT2D eigenvalue weighted by molar-refractivity contribution is 9.10. The predicted octanol–water partition coefficient (Wildman–Crippen LogP) is 6.10. The number of rotatable bonds is 5. The second-order valence-corrected chi connectivity index (χ2v) is 7.94. The zero-order valence-corrected chi connectivity index (χ0v) is 17.7. The van der Waals surface area contributed by atoms with Crippen molar-refractivity contribution in [2.75, 3.05) is 6.61 Å². The average molecular weight is 515 g/mol. The molecule has 6 nitrogen and oxygen atoms in total. The van der Waals surface area contributed by atoms with Crippen LogP contribution in [0.4, 0.5) is 13.2 Å². The van der Waals surface area contributed by atoms with Crippen LogP contribution in [0.1, 0.15) is 5.56 Å². The van der Waals surface area contributed by atoms with Crippen molar-refractivity contribution in [3.63, 3.8) is 0 Å². The van der Waals surface area contributed by atoms with Crippen LogP contribution >= 0.6 is 27.5 Å². The molecule has 0 radical (unpaired) electrons. The molecule has 0 unspecified atom stereocenters. The number of benzene rings is 2. The molecule has 2 aromatic heterocycles. The van der Waals surface area contributed by atoms with Crippen molar-refractivity contribution in [2.45, 2.75) is 6.18 Å². The molecular weight excluding hydrogens is 503 g/mol. The Hall–Kier alpha value is -2.98. The highest BCUT2D eigenvalue weighted by atomic mass is 79.9. The first-order valence-corrected chi connectivity index (χ1v) is 9.90. The number of carboxylic acids is 1. The van der Waals surface area contributed by atoms with Gasteiger partial charge < -0.3 is 19.9 Å². The van der Waals surface area contributed by atoms with Crippen molar-refractivity contribution in [3.8, 4) is 11.4 Å². The lowest BCUT2D eigenvalue weighted by atomic mass is 10.0. The Kier molecular flexibility index (Phi) is 5.44. The van der Waals surface area contributed by atoms with Gasteiger partial charge in [-0.25, -0.2) is 4.79 Å². The van der Waals surface area contributed by atoms with Crippen LogP contribution < -0.4 is 0 Å². The predicted molar refractivity (Wildman–Crippen MR) is 114 cm³/mol. The number of oxime groups is 1. The number of aromatic amines is 2. The minimum atomic E-state index is -4.91. The Morgan fingerprint density at radius 3 is 2.61 bits per heavy atom. The summed E-state index contributed by atoms with van der Waals surface area (Å²) in [6.07, 6.45) is -4.91. The number of nitrogens with one attached hydrogen (secondary N) is 2. The number of carbonyl (C=O) groups is 1. The molecule has 11 heteroatoms. The monoisotopic (exact) mass is 513 g/mol. The van der Waals surface area contributed by atoms with Gasteiger partial charge in [0.25, 0.3) is 0 Å². The van der Waals surface area contributed by atoms with Gasteiger partial charge in [0.05, 0.1) is 11.4 Å². The van der Waals surface area contributed by atoms with Crippen LogP contribution in [0.3, 0.4) is 0 Å². The highest BCUT2D eigenvalue weighted by Gasteiger charge is 2.41. The van der Waals surface area contributed by atoms with Crippen LogP contribution in [-0.4, -0.2) is 39.5 Å². The largest absolute Gasteiger partial charge is 0.479 e. The fourth-order valence-corrected chi connectivity index (χ4v) is 3.79. The van der Waals surface area contributed by atoms with Gasteiger partial charge in [-0.05, 0) is 36.4 Å². The molecule has 0 bridgehead atoms. The van der Waals surface area contributed by atoms with Crippen molar-refractivity contribution in [1.29, 1.82) is 0 Å². The van der Waals surface area contributed by atoms with Crippen molar-refractivity contribution < 1.29 is 27.9 Å². The Balaban J connectivity index is 1.98. The number of carboxylic acid groups (broad SMARTS) is 1. The molecule has 2 aromatic carbocycles. The van der Waals surface area contributed by atoms with Crippen LogP contribution in [-0.2, 0) is 9.63 Å². The Morgan fingerprint density at radius 1 is 1.13 bits per heavy atom. The molecule has 3 N–H and O–H groups in total. The Labute approximate surface area is 185 Å². The molecule has 0 saturated carbocycles. The summed E-state index contributed by atoms with van der Waals surface area (Å²) < 4.78 is 42.5. The van der Waals surface area contributed by atoms with Crippen LogP contribution in [0.2, 0.25) is 5.02 Å². The van der Waals surface area contributed by atoms with E-state index in [9.17, 15) is 18.0 Å². The van der Waals surface area contributed by atoms with Crippen molar-refractivity contribution in [1.82, 2.24) is 9.97 Å². The zero-order valence-electron chi connectivity index (χ0n) is 15.3. The van der Waals surface area contributed by atoms with Gasteiger partial charge in [-0.15, -0.1) is 0 Å². The van der Waals surface area contributed by atoms with E-state index in [0.29, 0.717) is 31.6 Å². The molecular formula is C20H12BrClF3N3O3. The normalized spacial score (nSPS) is 12.6. The first-order valence-electron chi connectivity index (χ1n) is 8.72. The van der Waals surface area contributed by atoms with E-state index >= 15 is 0 Å². The number of H-pyrrole nitrogens is 2. The third-order valence-corrected chi connectivity index (χ3v) is 5.19. The van der Waals surface area contributed by atoms with Gasteiger partial charge >= 0.3 is 12.1 Å². The number of alkyl halides is 3. The average Bonchev–Trinajstić information content (AvgIpc) is 3.24. The molecule has 0 aliphatic carbocycles. The lowest BCUT2D eigenvalue weighted by Gasteiger charge is -2.11. The number of halogens is 5. The molecule has 4 aromatic rings. The standard InChI is InChI=1S/C20H12BrClF3N3O3/c21-10-1-3-12-14(7-10)27-18(15-6-9-5-11(22)2-4-13(9)26-15)17(12)19(20(23,24)25)28-31-8-16(29)30/h1-7,26-27H,8H2,(H,29,30)/b28-19+. The summed E-state index contributed by atoms with van der Waals surface area (Å²) in [6.45, 7) is -1.01. The van der Waals surface area contributed by atoms with Gasteiger partial charge in [-0.3, -0.25) is 0 Å². The Bertz CT molecular complexity index is 1340. The van der Waals surface area contributed by atoms with E-state index in [2.05, 4.69) is 35.9 Å². The lowest BCUT2D eigenvalue weighted by Crippen LogP contribution is -2.25. The van der Waals surface area contributed by atoms with Crippen molar-refractivity contribution >= 4 is 61.0 Å². The fourth-order valence-electron chi connectivity index (χ4n) is 3.25. The van der Waals surface area contributed by atoms with E-state index in [1.165, 1.54) is 6.07 Å². The maximum Gasteiger partial charge on any atom is 0.437 e. The number of hydrogen-bond donors (Lipinski definition) is 3. The van der Waals surface area contributed by atoms with E-state index in [0.717, 1.165) is 0 Å².